The SMILES string of the molecule is Cc1ccc(NC(=O)CC2CCCC2)cc1. The third-order valence-corrected chi connectivity index (χ3v) is 3.28. The molecule has 0 radical (unpaired) electrons. The van der Waals surface area contributed by atoms with Gasteiger partial charge in [-0.3, -0.25) is 4.79 Å². The third-order valence-electron chi connectivity index (χ3n) is 3.28. The Hall–Kier alpha value is -1.31. The van der Waals surface area contributed by atoms with Crippen molar-refractivity contribution < 1.29 is 4.79 Å². The molecule has 0 bridgehead atoms. The summed E-state index contributed by atoms with van der Waals surface area (Å²) in [7, 11) is 0. The third kappa shape index (κ3) is 3.09. The number of carbonyl (C=O) groups excluding carboxylic acids is 1. The van der Waals surface area contributed by atoms with Crippen LogP contribution in [0.25, 0.3) is 0 Å². The van der Waals surface area contributed by atoms with Gasteiger partial charge in [-0.05, 0) is 37.8 Å². The van der Waals surface area contributed by atoms with Gasteiger partial charge < -0.3 is 5.32 Å². The number of carbonyl (C=O) groups is 1. The highest BCUT2D eigenvalue weighted by atomic mass is 16.1. The van der Waals surface area contributed by atoms with E-state index in [1.165, 1.54) is 31.2 Å². The van der Waals surface area contributed by atoms with Crippen LogP contribution >= 0.6 is 0 Å². The molecular formula is C14H19NO. The van der Waals surface area contributed by atoms with E-state index in [4.69, 9.17) is 0 Å². The zero-order valence-electron chi connectivity index (χ0n) is 9.83. The van der Waals surface area contributed by atoms with E-state index in [2.05, 4.69) is 5.32 Å². The Morgan fingerprint density at radius 2 is 1.88 bits per heavy atom. The minimum absolute atomic E-state index is 0.163. The predicted molar refractivity (Wildman–Crippen MR) is 66.4 cm³/mol. The molecule has 16 heavy (non-hydrogen) atoms. The summed E-state index contributed by atoms with van der Waals surface area (Å²) in [5.41, 5.74) is 2.13. The van der Waals surface area contributed by atoms with Gasteiger partial charge in [0.25, 0.3) is 0 Å². The van der Waals surface area contributed by atoms with Crippen LogP contribution in [0.1, 0.15) is 37.7 Å². The number of anilines is 1. The van der Waals surface area contributed by atoms with Crippen LogP contribution in [0.2, 0.25) is 0 Å². The summed E-state index contributed by atoms with van der Waals surface area (Å²) in [4.78, 5) is 11.7. The Morgan fingerprint density at radius 1 is 1.25 bits per heavy atom. The summed E-state index contributed by atoms with van der Waals surface area (Å²) in [5.74, 6) is 0.779. The molecule has 0 heterocycles. The Bertz CT molecular complexity index is 350. The van der Waals surface area contributed by atoms with E-state index in [-0.39, 0.29) is 5.91 Å². The number of amides is 1. The van der Waals surface area contributed by atoms with Crippen LogP contribution in [-0.4, -0.2) is 5.91 Å². The standard InChI is InChI=1S/C14H19NO/c1-11-6-8-13(9-7-11)15-14(16)10-12-4-2-3-5-12/h6-9,12H,2-5,10H2,1H3,(H,15,16). The second-order valence-corrected chi connectivity index (χ2v) is 4.77. The summed E-state index contributed by atoms with van der Waals surface area (Å²) in [6.45, 7) is 2.05. The highest BCUT2D eigenvalue weighted by Gasteiger charge is 2.18. The minimum atomic E-state index is 0.163. The second kappa shape index (κ2) is 5.15. The fraction of sp³-hybridized carbons (Fsp3) is 0.500. The Balaban J connectivity index is 1.84. The molecule has 1 amide bonds. The second-order valence-electron chi connectivity index (χ2n) is 4.77. The summed E-state index contributed by atoms with van der Waals surface area (Å²) < 4.78 is 0. The molecule has 2 nitrogen and oxygen atoms in total. The summed E-state index contributed by atoms with van der Waals surface area (Å²) in [6.07, 6.45) is 5.72. The van der Waals surface area contributed by atoms with E-state index in [1.54, 1.807) is 0 Å². The van der Waals surface area contributed by atoms with Crippen molar-refractivity contribution in [2.75, 3.05) is 5.32 Å². The minimum Gasteiger partial charge on any atom is -0.326 e. The molecule has 1 saturated carbocycles. The number of aryl methyl sites for hydroxylation is 1. The van der Waals surface area contributed by atoms with Crippen LogP contribution in [-0.2, 0) is 4.79 Å². The van der Waals surface area contributed by atoms with E-state index < -0.39 is 0 Å². The molecule has 0 unspecified atom stereocenters. The van der Waals surface area contributed by atoms with Gasteiger partial charge in [0.05, 0.1) is 0 Å². The van der Waals surface area contributed by atoms with Gasteiger partial charge in [0, 0.05) is 12.1 Å². The largest absolute Gasteiger partial charge is 0.326 e. The van der Waals surface area contributed by atoms with Gasteiger partial charge in [-0.25, -0.2) is 0 Å². The molecule has 0 saturated heterocycles. The Labute approximate surface area is 97.1 Å². The van der Waals surface area contributed by atoms with Crippen molar-refractivity contribution in [3.8, 4) is 0 Å². The first kappa shape index (κ1) is 11.2. The van der Waals surface area contributed by atoms with Crippen molar-refractivity contribution in [1.82, 2.24) is 0 Å². The van der Waals surface area contributed by atoms with Gasteiger partial charge in [0.15, 0.2) is 0 Å². The molecule has 2 rings (SSSR count). The molecule has 1 aromatic carbocycles. The molecule has 1 aliphatic rings. The van der Waals surface area contributed by atoms with Crippen molar-refractivity contribution in [3.05, 3.63) is 29.8 Å². The van der Waals surface area contributed by atoms with Crippen LogP contribution in [0.5, 0.6) is 0 Å². The van der Waals surface area contributed by atoms with Gasteiger partial charge in [-0.15, -0.1) is 0 Å². The van der Waals surface area contributed by atoms with Crippen LogP contribution in [0.15, 0.2) is 24.3 Å². The van der Waals surface area contributed by atoms with Gasteiger partial charge in [-0.1, -0.05) is 30.5 Å². The molecule has 0 atom stereocenters. The van der Waals surface area contributed by atoms with Gasteiger partial charge in [0.2, 0.25) is 5.91 Å². The maximum absolute atomic E-state index is 11.7. The molecular weight excluding hydrogens is 198 g/mol. The van der Waals surface area contributed by atoms with Crippen molar-refractivity contribution >= 4 is 11.6 Å². The van der Waals surface area contributed by atoms with E-state index >= 15 is 0 Å². The molecule has 1 fully saturated rings. The van der Waals surface area contributed by atoms with Crippen LogP contribution in [0.3, 0.4) is 0 Å². The number of benzene rings is 1. The van der Waals surface area contributed by atoms with Crippen LogP contribution < -0.4 is 5.32 Å². The molecule has 86 valence electrons. The monoisotopic (exact) mass is 217 g/mol. The maximum Gasteiger partial charge on any atom is 0.224 e. The Morgan fingerprint density at radius 3 is 2.50 bits per heavy atom. The summed E-state index contributed by atoms with van der Waals surface area (Å²) in [5, 5.41) is 2.96. The zero-order valence-corrected chi connectivity index (χ0v) is 9.83. The maximum atomic E-state index is 11.7. The zero-order chi connectivity index (χ0) is 11.4. The topological polar surface area (TPSA) is 29.1 Å². The summed E-state index contributed by atoms with van der Waals surface area (Å²) in [6, 6.07) is 7.96. The molecule has 1 N–H and O–H groups in total. The summed E-state index contributed by atoms with van der Waals surface area (Å²) >= 11 is 0. The fourth-order valence-corrected chi connectivity index (χ4v) is 2.33. The smallest absolute Gasteiger partial charge is 0.224 e. The van der Waals surface area contributed by atoms with E-state index in [0.29, 0.717) is 12.3 Å². The fourth-order valence-electron chi connectivity index (χ4n) is 2.33. The molecule has 1 aromatic rings. The van der Waals surface area contributed by atoms with E-state index in [9.17, 15) is 4.79 Å². The first-order valence-electron chi connectivity index (χ1n) is 6.10. The van der Waals surface area contributed by atoms with Crippen molar-refractivity contribution in [3.63, 3.8) is 0 Å². The Kier molecular flexibility index (Phi) is 3.60. The average Bonchev–Trinajstić information content (AvgIpc) is 2.74. The van der Waals surface area contributed by atoms with Crippen molar-refractivity contribution in [2.45, 2.75) is 39.0 Å². The molecule has 2 heteroatoms. The molecule has 0 spiro atoms. The first-order chi connectivity index (χ1) is 7.74. The van der Waals surface area contributed by atoms with E-state index in [0.717, 1.165) is 5.69 Å². The highest BCUT2D eigenvalue weighted by Crippen LogP contribution is 2.27. The van der Waals surface area contributed by atoms with Crippen LogP contribution in [0, 0.1) is 12.8 Å². The number of hydrogen-bond acceptors (Lipinski definition) is 1. The van der Waals surface area contributed by atoms with Gasteiger partial charge in [-0.2, -0.15) is 0 Å². The number of rotatable bonds is 3. The molecule has 1 aliphatic carbocycles. The van der Waals surface area contributed by atoms with E-state index in [1.807, 2.05) is 31.2 Å². The average molecular weight is 217 g/mol. The quantitative estimate of drug-likeness (QED) is 0.824. The lowest BCUT2D eigenvalue weighted by atomic mass is 10.0. The first-order valence-corrected chi connectivity index (χ1v) is 6.10. The lowest BCUT2D eigenvalue weighted by Gasteiger charge is -2.09. The molecule has 0 aliphatic heterocycles. The lowest BCUT2D eigenvalue weighted by Crippen LogP contribution is -2.14. The predicted octanol–water partition coefficient (Wildman–Crippen LogP) is 3.51. The van der Waals surface area contributed by atoms with Crippen molar-refractivity contribution in [1.29, 1.82) is 0 Å². The number of hydrogen-bond donors (Lipinski definition) is 1. The van der Waals surface area contributed by atoms with Crippen LogP contribution in [0.4, 0.5) is 5.69 Å². The normalized spacial score (nSPS) is 16.3. The van der Waals surface area contributed by atoms with Crippen molar-refractivity contribution in [2.24, 2.45) is 5.92 Å². The lowest BCUT2D eigenvalue weighted by molar-refractivity contribution is -0.117. The van der Waals surface area contributed by atoms with Gasteiger partial charge >= 0.3 is 0 Å². The van der Waals surface area contributed by atoms with Gasteiger partial charge in [0.1, 0.15) is 0 Å². The molecule has 0 aromatic heterocycles. The highest BCUT2D eigenvalue weighted by molar-refractivity contribution is 5.90. The number of nitrogens with one attached hydrogen (secondary N) is 1.